The molecule has 0 aliphatic heterocycles. The number of nitrogens with zero attached hydrogens (tertiary/aromatic N) is 1. The summed E-state index contributed by atoms with van der Waals surface area (Å²) in [4.78, 5) is 2.00. The highest BCUT2D eigenvalue weighted by Gasteiger charge is 1.93. The van der Waals surface area contributed by atoms with Crippen molar-refractivity contribution in [3.63, 3.8) is 0 Å². The fourth-order valence-electron chi connectivity index (χ4n) is 0. The summed E-state index contributed by atoms with van der Waals surface area (Å²) in [6, 6.07) is 0. The van der Waals surface area contributed by atoms with E-state index in [2.05, 4.69) is 18.0 Å². The Morgan fingerprint density at radius 2 is 1.31 bits per heavy atom. The third-order valence-corrected chi connectivity index (χ3v) is 0.632. The molecular weight excluding hydrogens is 194 g/mol. The largest absolute Gasteiger partial charge is 0.397 e. The van der Waals surface area contributed by atoms with E-state index in [9.17, 15) is 8.42 Å². The second kappa shape index (κ2) is 11.8. The molecule has 0 heterocycles. The summed E-state index contributed by atoms with van der Waals surface area (Å²) in [5, 5.41) is 0. The zero-order valence-electron chi connectivity index (χ0n) is 9.23. The van der Waals surface area contributed by atoms with Crippen molar-refractivity contribution in [2.45, 2.75) is 20.3 Å². The van der Waals surface area contributed by atoms with Gasteiger partial charge in [-0.3, -0.25) is 8.74 Å². The van der Waals surface area contributed by atoms with Gasteiger partial charge in [0.25, 0.3) is 0 Å². The number of hydrogen-bond donors (Lipinski definition) is 1. The Morgan fingerprint density at radius 1 is 1.23 bits per heavy atom. The zero-order chi connectivity index (χ0) is 11.5. The molecule has 1 N–H and O–H groups in total. The molecule has 0 aromatic rings. The van der Waals surface area contributed by atoms with E-state index >= 15 is 0 Å². The van der Waals surface area contributed by atoms with Gasteiger partial charge < -0.3 is 4.90 Å². The molecule has 84 valence electrons. The molecule has 5 nitrogen and oxygen atoms in total. The van der Waals surface area contributed by atoms with Crippen molar-refractivity contribution in [2.24, 2.45) is 0 Å². The molecular formula is C7H21NO4S. The molecule has 0 fully saturated rings. The lowest BCUT2D eigenvalue weighted by Gasteiger charge is -1.90. The molecule has 0 saturated heterocycles. The lowest BCUT2D eigenvalue weighted by atomic mass is 10.6. The maximum absolute atomic E-state index is 9.33. The predicted octanol–water partition coefficient (Wildman–Crippen LogP) is 1.03. The Labute approximate surface area is 81.7 Å². The maximum atomic E-state index is 9.33. The van der Waals surface area contributed by atoms with Gasteiger partial charge in [-0.1, -0.05) is 20.3 Å². The monoisotopic (exact) mass is 215 g/mol. The van der Waals surface area contributed by atoms with Crippen LogP contribution in [-0.2, 0) is 14.6 Å². The minimum atomic E-state index is -4.16. The minimum absolute atomic E-state index is 0.870. The zero-order valence-corrected chi connectivity index (χ0v) is 10.1. The van der Waals surface area contributed by atoms with Crippen LogP contribution in [0.3, 0.4) is 0 Å². The van der Waals surface area contributed by atoms with E-state index in [1.165, 1.54) is 6.42 Å². The topological polar surface area (TPSA) is 66.8 Å². The Morgan fingerprint density at radius 3 is 1.31 bits per heavy atom. The van der Waals surface area contributed by atoms with Gasteiger partial charge in [-0.2, -0.15) is 8.42 Å². The second-order valence-electron chi connectivity index (χ2n) is 2.64. The van der Waals surface area contributed by atoms with Crippen LogP contribution >= 0.6 is 0 Å². The first-order valence-electron chi connectivity index (χ1n) is 3.85. The third-order valence-electron chi connectivity index (χ3n) is 0.211. The van der Waals surface area contributed by atoms with E-state index in [-0.39, 0.29) is 0 Å². The van der Waals surface area contributed by atoms with Crippen molar-refractivity contribution in [3.05, 3.63) is 0 Å². The highest BCUT2D eigenvalue weighted by atomic mass is 32.3. The standard InChI is InChI=1S/C3H9N.C3H8.CH4O4S/c1-4(2)3;1-3-2;1-5-6(2,3)4/h1-3H3;3H2,1-2H3;1H3,(H,2,3,4). The van der Waals surface area contributed by atoms with Gasteiger partial charge in [-0.05, 0) is 21.1 Å². The first-order chi connectivity index (χ1) is 5.71. The van der Waals surface area contributed by atoms with Crippen molar-refractivity contribution in [3.8, 4) is 0 Å². The molecule has 0 aromatic carbocycles. The summed E-state index contributed by atoms with van der Waals surface area (Å²) < 4.78 is 29.7. The van der Waals surface area contributed by atoms with Crippen molar-refractivity contribution in [1.82, 2.24) is 4.90 Å². The highest BCUT2D eigenvalue weighted by molar-refractivity contribution is 7.80. The molecule has 0 amide bonds. The molecule has 13 heavy (non-hydrogen) atoms. The summed E-state index contributed by atoms with van der Waals surface area (Å²) in [5.41, 5.74) is 0. The quantitative estimate of drug-likeness (QED) is 0.662. The van der Waals surface area contributed by atoms with E-state index < -0.39 is 10.4 Å². The van der Waals surface area contributed by atoms with Crippen molar-refractivity contribution >= 4 is 10.4 Å². The fourth-order valence-corrected chi connectivity index (χ4v) is 0. The molecule has 6 heteroatoms. The van der Waals surface area contributed by atoms with Gasteiger partial charge in [0.15, 0.2) is 0 Å². The Hall–Kier alpha value is -0.170. The normalized spacial score (nSPS) is 9.54. The van der Waals surface area contributed by atoms with Crippen molar-refractivity contribution in [2.75, 3.05) is 28.3 Å². The summed E-state index contributed by atoms with van der Waals surface area (Å²) in [7, 11) is 2.71. The Bertz CT molecular complexity index is 163. The summed E-state index contributed by atoms with van der Waals surface area (Å²) in [6.45, 7) is 4.25. The lowest BCUT2D eigenvalue weighted by molar-refractivity contribution is 0.324. The smallest absolute Gasteiger partial charge is 0.312 e. The molecule has 0 atom stereocenters. The Kier molecular flexibility index (Phi) is 16.9. The van der Waals surface area contributed by atoms with Gasteiger partial charge in [-0.15, -0.1) is 0 Å². The number of hydrogen-bond acceptors (Lipinski definition) is 4. The van der Waals surface area contributed by atoms with E-state index in [0.29, 0.717) is 0 Å². The highest BCUT2D eigenvalue weighted by Crippen LogP contribution is 1.74. The average Bonchev–Trinajstić information content (AvgIpc) is 1.86. The summed E-state index contributed by atoms with van der Waals surface area (Å²) >= 11 is 0. The fraction of sp³-hybridized carbons (Fsp3) is 1.00. The van der Waals surface area contributed by atoms with Crippen LogP contribution in [0.5, 0.6) is 0 Å². The first kappa shape index (κ1) is 18.6. The number of rotatable bonds is 1. The molecule has 0 unspecified atom stereocenters. The van der Waals surface area contributed by atoms with E-state index in [1.54, 1.807) is 0 Å². The van der Waals surface area contributed by atoms with Gasteiger partial charge in [0.2, 0.25) is 0 Å². The van der Waals surface area contributed by atoms with E-state index in [0.717, 1.165) is 7.11 Å². The van der Waals surface area contributed by atoms with Gasteiger partial charge >= 0.3 is 10.4 Å². The predicted molar refractivity (Wildman–Crippen MR) is 54.1 cm³/mol. The lowest BCUT2D eigenvalue weighted by Crippen LogP contribution is -1.99. The van der Waals surface area contributed by atoms with E-state index in [1.807, 2.05) is 26.0 Å². The minimum Gasteiger partial charge on any atom is -0.312 e. The van der Waals surface area contributed by atoms with Crippen LogP contribution in [0, 0.1) is 0 Å². The molecule has 0 aromatic heterocycles. The van der Waals surface area contributed by atoms with Crippen LogP contribution in [0.1, 0.15) is 20.3 Å². The van der Waals surface area contributed by atoms with Crippen LogP contribution in [0.2, 0.25) is 0 Å². The summed E-state index contributed by atoms with van der Waals surface area (Å²) in [5.74, 6) is 0. The van der Waals surface area contributed by atoms with Gasteiger partial charge in [0.05, 0.1) is 7.11 Å². The van der Waals surface area contributed by atoms with Crippen LogP contribution in [-0.4, -0.2) is 46.1 Å². The molecule has 0 radical (unpaired) electrons. The van der Waals surface area contributed by atoms with Gasteiger partial charge in [0, 0.05) is 0 Å². The van der Waals surface area contributed by atoms with Crippen molar-refractivity contribution < 1.29 is 17.2 Å². The van der Waals surface area contributed by atoms with Crippen LogP contribution in [0.4, 0.5) is 0 Å². The van der Waals surface area contributed by atoms with Crippen LogP contribution in [0.15, 0.2) is 0 Å². The Balaban J connectivity index is -0.000000125. The van der Waals surface area contributed by atoms with E-state index in [4.69, 9.17) is 4.55 Å². The molecule has 0 saturated carbocycles. The van der Waals surface area contributed by atoms with Gasteiger partial charge in [-0.25, -0.2) is 0 Å². The molecule has 0 spiro atoms. The molecule has 0 rings (SSSR count). The first-order valence-corrected chi connectivity index (χ1v) is 5.21. The maximum Gasteiger partial charge on any atom is 0.397 e. The summed E-state index contributed by atoms with van der Waals surface area (Å²) in [6.07, 6.45) is 1.25. The molecule has 0 aliphatic rings. The van der Waals surface area contributed by atoms with Crippen LogP contribution in [0.25, 0.3) is 0 Å². The molecule has 0 bridgehead atoms. The molecule has 0 aliphatic carbocycles. The van der Waals surface area contributed by atoms with Crippen LogP contribution < -0.4 is 0 Å². The van der Waals surface area contributed by atoms with Crippen molar-refractivity contribution in [1.29, 1.82) is 0 Å². The van der Waals surface area contributed by atoms with Gasteiger partial charge in [0.1, 0.15) is 0 Å². The SMILES string of the molecule is CCC.CN(C)C.COS(=O)(=O)O. The third kappa shape index (κ3) is 143. The second-order valence-corrected chi connectivity index (χ2v) is 3.83. The average molecular weight is 215 g/mol.